The van der Waals surface area contributed by atoms with E-state index in [0.29, 0.717) is 17.9 Å². The second kappa shape index (κ2) is 7.30. The highest BCUT2D eigenvalue weighted by Gasteiger charge is 2.18. The largest absolute Gasteiger partial charge is 0.270 e. The van der Waals surface area contributed by atoms with Crippen molar-refractivity contribution in [3.63, 3.8) is 0 Å². The second-order valence-corrected chi connectivity index (χ2v) is 9.15. The Morgan fingerprint density at radius 3 is 2.20 bits per heavy atom. The van der Waals surface area contributed by atoms with Crippen molar-refractivity contribution in [3.8, 4) is 0 Å². The van der Waals surface area contributed by atoms with Crippen molar-refractivity contribution < 1.29 is 8.42 Å². The highest BCUT2D eigenvalue weighted by Crippen LogP contribution is 2.23. The molecule has 0 amide bonds. The van der Waals surface area contributed by atoms with E-state index in [-0.39, 0.29) is 5.41 Å². The number of benzene rings is 1. The van der Waals surface area contributed by atoms with Gasteiger partial charge >= 0.3 is 0 Å². The molecule has 138 valence electrons. The smallest absolute Gasteiger partial charge is 0.240 e. The molecule has 0 spiro atoms. The van der Waals surface area contributed by atoms with Gasteiger partial charge in [-0.1, -0.05) is 32.9 Å². The van der Waals surface area contributed by atoms with E-state index in [1.165, 1.54) is 0 Å². The van der Waals surface area contributed by atoms with E-state index >= 15 is 0 Å². The Hall–Kier alpha value is -1.66. The molecule has 0 unspecified atom stereocenters. The predicted molar refractivity (Wildman–Crippen MR) is 101 cm³/mol. The first-order chi connectivity index (χ1) is 11.6. The predicted octanol–water partition coefficient (Wildman–Crippen LogP) is 3.34. The van der Waals surface area contributed by atoms with Crippen LogP contribution in [-0.2, 0) is 28.4 Å². The van der Waals surface area contributed by atoms with Crippen molar-refractivity contribution in [1.29, 1.82) is 0 Å². The summed E-state index contributed by atoms with van der Waals surface area (Å²) >= 11 is 0. The van der Waals surface area contributed by atoms with Gasteiger partial charge in [-0.25, -0.2) is 13.1 Å². The maximum absolute atomic E-state index is 12.5. The number of nitrogens with one attached hydrogen (secondary N) is 1. The van der Waals surface area contributed by atoms with Gasteiger partial charge in [0.1, 0.15) is 0 Å². The minimum absolute atomic E-state index is 0.00418. The molecule has 5 nitrogen and oxygen atoms in total. The molecule has 0 aliphatic heterocycles. The number of sulfonamides is 1. The van der Waals surface area contributed by atoms with E-state index in [1.54, 1.807) is 12.1 Å². The first-order valence-corrected chi connectivity index (χ1v) is 10.2. The van der Waals surface area contributed by atoms with Crippen molar-refractivity contribution in [2.75, 3.05) is 6.54 Å². The molecular formula is C19H29N3O2S. The number of hydrogen-bond donors (Lipinski definition) is 1. The van der Waals surface area contributed by atoms with Gasteiger partial charge in [0.2, 0.25) is 10.0 Å². The van der Waals surface area contributed by atoms with Crippen LogP contribution in [0, 0.1) is 13.8 Å². The lowest BCUT2D eigenvalue weighted by atomic mass is 9.87. The molecule has 0 aliphatic carbocycles. The van der Waals surface area contributed by atoms with E-state index in [4.69, 9.17) is 0 Å². The molecule has 0 atom stereocenters. The zero-order valence-corrected chi connectivity index (χ0v) is 16.9. The lowest BCUT2D eigenvalue weighted by Gasteiger charge is -2.19. The van der Waals surface area contributed by atoms with E-state index in [0.717, 1.165) is 29.1 Å². The van der Waals surface area contributed by atoms with E-state index < -0.39 is 10.0 Å². The number of rotatable bonds is 6. The fraction of sp³-hybridized carbons (Fsp3) is 0.526. The first-order valence-electron chi connectivity index (χ1n) is 8.69. The zero-order valence-electron chi connectivity index (χ0n) is 16.0. The van der Waals surface area contributed by atoms with Crippen LogP contribution in [0.25, 0.3) is 0 Å². The summed E-state index contributed by atoms with van der Waals surface area (Å²) in [6, 6.07) is 7.12. The van der Waals surface area contributed by atoms with Gasteiger partial charge in [-0.2, -0.15) is 5.10 Å². The van der Waals surface area contributed by atoms with Crippen molar-refractivity contribution in [1.82, 2.24) is 14.5 Å². The molecule has 0 saturated heterocycles. The lowest BCUT2D eigenvalue weighted by Crippen LogP contribution is -2.26. The molecule has 0 radical (unpaired) electrons. The molecule has 1 N–H and O–H groups in total. The molecule has 0 bridgehead atoms. The molecule has 6 heteroatoms. The summed E-state index contributed by atoms with van der Waals surface area (Å²) in [6.07, 6.45) is 0.636. The average Bonchev–Trinajstić information content (AvgIpc) is 2.81. The molecule has 25 heavy (non-hydrogen) atoms. The van der Waals surface area contributed by atoms with Crippen molar-refractivity contribution in [2.45, 2.75) is 64.8 Å². The van der Waals surface area contributed by atoms with Crippen LogP contribution < -0.4 is 4.72 Å². The SMILES string of the molecule is CCn1nc(C)c(CCNS(=O)(=O)c2ccc(C(C)(C)C)cc2)c1C. The van der Waals surface area contributed by atoms with Crippen LogP contribution in [0.2, 0.25) is 0 Å². The summed E-state index contributed by atoms with van der Waals surface area (Å²) in [5.41, 5.74) is 4.31. The van der Waals surface area contributed by atoms with E-state index in [1.807, 2.05) is 37.6 Å². The minimum atomic E-state index is -3.49. The third-order valence-electron chi connectivity index (χ3n) is 4.53. The zero-order chi connectivity index (χ0) is 18.8. The standard InChI is InChI=1S/C19H29N3O2S/c1-7-22-15(3)18(14(2)21-22)12-13-20-25(23,24)17-10-8-16(9-11-17)19(4,5)6/h8-11,20H,7,12-13H2,1-6H3. The molecule has 1 heterocycles. The van der Waals surface area contributed by atoms with Crippen molar-refractivity contribution in [3.05, 3.63) is 46.8 Å². The van der Waals surface area contributed by atoms with Crippen LogP contribution in [-0.4, -0.2) is 24.7 Å². The van der Waals surface area contributed by atoms with Gasteiger partial charge in [-0.3, -0.25) is 4.68 Å². The van der Waals surface area contributed by atoms with E-state index in [9.17, 15) is 8.42 Å². The fourth-order valence-corrected chi connectivity index (χ4v) is 3.96. The molecule has 1 aromatic carbocycles. The van der Waals surface area contributed by atoms with Gasteiger partial charge in [0, 0.05) is 18.8 Å². The number of aromatic nitrogens is 2. The maximum Gasteiger partial charge on any atom is 0.240 e. The van der Waals surface area contributed by atoms with Crippen LogP contribution in [0.4, 0.5) is 0 Å². The molecule has 0 saturated carbocycles. The van der Waals surface area contributed by atoms with E-state index in [2.05, 4.69) is 30.6 Å². The third kappa shape index (κ3) is 4.50. The van der Waals surface area contributed by atoms with Crippen LogP contribution in [0.15, 0.2) is 29.2 Å². The lowest BCUT2D eigenvalue weighted by molar-refractivity contribution is 0.578. The highest BCUT2D eigenvalue weighted by atomic mass is 32.2. The Bertz CT molecular complexity index is 829. The molecule has 0 aliphatic rings. The summed E-state index contributed by atoms with van der Waals surface area (Å²) in [6.45, 7) is 13.5. The summed E-state index contributed by atoms with van der Waals surface area (Å²) in [4.78, 5) is 0.304. The van der Waals surface area contributed by atoms with Gasteiger partial charge in [0.05, 0.1) is 10.6 Å². The van der Waals surface area contributed by atoms with Crippen molar-refractivity contribution >= 4 is 10.0 Å². The topological polar surface area (TPSA) is 64.0 Å². The Balaban J connectivity index is 2.06. The monoisotopic (exact) mass is 363 g/mol. The van der Waals surface area contributed by atoms with Crippen LogP contribution in [0.1, 0.15) is 50.2 Å². The normalized spacial score (nSPS) is 12.6. The van der Waals surface area contributed by atoms with Crippen LogP contribution in [0.3, 0.4) is 0 Å². The second-order valence-electron chi connectivity index (χ2n) is 7.39. The van der Waals surface area contributed by atoms with Crippen LogP contribution >= 0.6 is 0 Å². The first kappa shape index (κ1) is 19.7. The van der Waals surface area contributed by atoms with Gasteiger partial charge in [-0.05, 0) is 55.9 Å². The average molecular weight is 364 g/mol. The highest BCUT2D eigenvalue weighted by molar-refractivity contribution is 7.89. The fourth-order valence-electron chi connectivity index (χ4n) is 2.93. The van der Waals surface area contributed by atoms with Gasteiger partial charge < -0.3 is 0 Å². The van der Waals surface area contributed by atoms with Crippen LogP contribution in [0.5, 0.6) is 0 Å². The van der Waals surface area contributed by atoms with Gasteiger partial charge in [-0.15, -0.1) is 0 Å². The number of nitrogens with zero attached hydrogens (tertiary/aromatic N) is 2. The maximum atomic E-state index is 12.5. The quantitative estimate of drug-likeness (QED) is 0.856. The third-order valence-corrected chi connectivity index (χ3v) is 6.01. The summed E-state index contributed by atoms with van der Waals surface area (Å²) < 4.78 is 29.6. The van der Waals surface area contributed by atoms with Crippen molar-refractivity contribution in [2.24, 2.45) is 0 Å². The molecule has 2 rings (SSSR count). The number of hydrogen-bond acceptors (Lipinski definition) is 3. The Kier molecular flexibility index (Phi) is 5.74. The summed E-state index contributed by atoms with van der Waals surface area (Å²) in [7, 11) is -3.49. The Morgan fingerprint density at radius 1 is 1.12 bits per heavy atom. The number of aryl methyl sites for hydroxylation is 2. The summed E-state index contributed by atoms with van der Waals surface area (Å²) in [5.74, 6) is 0. The minimum Gasteiger partial charge on any atom is -0.270 e. The molecular weight excluding hydrogens is 334 g/mol. The molecule has 2 aromatic rings. The Labute approximate surface area is 151 Å². The Morgan fingerprint density at radius 2 is 1.72 bits per heavy atom. The summed E-state index contributed by atoms with van der Waals surface area (Å²) in [5, 5.41) is 4.47. The molecule has 0 fully saturated rings. The van der Waals surface area contributed by atoms with Gasteiger partial charge in [0.15, 0.2) is 0 Å². The molecule has 1 aromatic heterocycles. The van der Waals surface area contributed by atoms with Gasteiger partial charge in [0.25, 0.3) is 0 Å².